The molecule has 13 heavy (non-hydrogen) atoms. The van der Waals surface area contributed by atoms with Gasteiger partial charge in [0.1, 0.15) is 0 Å². The maximum absolute atomic E-state index is 10.8. The quantitative estimate of drug-likeness (QED) is 0.628. The minimum absolute atomic E-state index is 0.226. The molecule has 0 radical (unpaired) electrons. The fourth-order valence-corrected chi connectivity index (χ4v) is 1.48. The van der Waals surface area contributed by atoms with Crippen molar-refractivity contribution in [1.29, 1.82) is 0 Å². The molecule has 3 N–H and O–H groups in total. The minimum atomic E-state index is -0.621. The summed E-state index contributed by atoms with van der Waals surface area (Å²) in [6.07, 6.45) is 0. The Hall–Kier alpha value is -0.610. The lowest BCUT2D eigenvalue weighted by Crippen LogP contribution is -2.68. The van der Waals surface area contributed by atoms with Gasteiger partial charge >= 0.3 is 0 Å². The lowest BCUT2D eigenvalue weighted by atomic mass is 9.82. The van der Waals surface area contributed by atoms with Crippen LogP contribution in [-0.2, 0) is 4.79 Å². The number of hydrogen-bond acceptors (Lipinski definition) is 3. The lowest BCUT2D eigenvalue weighted by Gasteiger charge is -2.50. The van der Waals surface area contributed by atoms with Gasteiger partial charge in [0.2, 0.25) is 5.91 Å². The van der Waals surface area contributed by atoms with Crippen molar-refractivity contribution in [2.75, 3.05) is 13.1 Å². The molecule has 76 valence electrons. The van der Waals surface area contributed by atoms with Crippen LogP contribution in [0.1, 0.15) is 20.8 Å². The van der Waals surface area contributed by atoms with Crippen molar-refractivity contribution in [2.45, 2.75) is 32.4 Å². The Morgan fingerprint density at radius 3 is 2.23 bits per heavy atom. The molecule has 1 aliphatic heterocycles. The minimum Gasteiger partial charge on any atom is -0.387 e. The number of hydrogen-bond donors (Lipinski definition) is 2. The van der Waals surface area contributed by atoms with Crippen LogP contribution in [0.5, 0.6) is 0 Å². The van der Waals surface area contributed by atoms with Gasteiger partial charge in [0.15, 0.2) is 0 Å². The van der Waals surface area contributed by atoms with E-state index in [0.717, 1.165) is 0 Å². The predicted octanol–water partition coefficient (Wildman–Crippen LogP) is -0.437. The topological polar surface area (TPSA) is 66.6 Å². The van der Waals surface area contributed by atoms with Crippen LogP contribution in [0.15, 0.2) is 0 Å². The summed E-state index contributed by atoms with van der Waals surface area (Å²) in [4.78, 5) is 12.7. The van der Waals surface area contributed by atoms with Crippen LogP contribution in [0, 0.1) is 5.92 Å². The number of carbonyl (C=O) groups is 1. The Morgan fingerprint density at radius 1 is 1.46 bits per heavy atom. The van der Waals surface area contributed by atoms with E-state index in [2.05, 4.69) is 0 Å². The second kappa shape index (κ2) is 3.27. The van der Waals surface area contributed by atoms with Crippen molar-refractivity contribution in [1.82, 2.24) is 4.90 Å². The molecular weight excluding hydrogens is 168 g/mol. The average molecular weight is 186 g/mol. The second-order valence-corrected chi connectivity index (χ2v) is 4.24. The maximum Gasteiger partial charge on any atom is 0.234 e. The Kier molecular flexibility index (Phi) is 2.63. The molecular formula is C9H18N2O2. The van der Waals surface area contributed by atoms with E-state index in [-0.39, 0.29) is 17.9 Å². The lowest BCUT2D eigenvalue weighted by molar-refractivity contribution is -0.152. The van der Waals surface area contributed by atoms with Crippen LogP contribution in [0.4, 0.5) is 0 Å². The van der Waals surface area contributed by atoms with Crippen LogP contribution in [0.3, 0.4) is 0 Å². The molecule has 0 aromatic rings. The zero-order valence-electron chi connectivity index (χ0n) is 8.45. The molecule has 1 saturated heterocycles. The monoisotopic (exact) mass is 186 g/mol. The molecule has 1 heterocycles. The molecule has 1 aliphatic rings. The molecule has 4 nitrogen and oxygen atoms in total. The van der Waals surface area contributed by atoms with Crippen LogP contribution in [-0.4, -0.2) is 40.6 Å². The number of nitrogens with two attached hydrogens (primary N) is 1. The number of rotatable bonds is 3. The van der Waals surface area contributed by atoms with E-state index in [1.165, 1.54) is 0 Å². The van der Waals surface area contributed by atoms with Gasteiger partial charge < -0.3 is 10.8 Å². The van der Waals surface area contributed by atoms with Crippen LogP contribution >= 0.6 is 0 Å². The van der Waals surface area contributed by atoms with Gasteiger partial charge in [0.05, 0.1) is 11.6 Å². The molecule has 1 atom stereocenters. The van der Waals surface area contributed by atoms with Crippen LogP contribution < -0.4 is 5.73 Å². The van der Waals surface area contributed by atoms with Gasteiger partial charge in [0, 0.05) is 13.1 Å². The Morgan fingerprint density at radius 2 is 1.92 bits per heavy atom. The van der Waals surface area contributed by atoms with Crippen molar-refractivity contribution in [2.24, 2.45) is 11.7 Å². The summed E-state index contributed by atoms with van der Waals surface area (Å²) in [5.41, 5.74) is 4.53. The highest BCUT2D eigenvalue weighted by Gasteiger charge is 2.46. The highest BCUT2D eigenvalue weighted by atomic mass is 16.3. The Labute approximate surface area is 78.7 Å². The molecule has 1 rings (SSSR count). The standard InChI is InChI=1S/C9H18N2O2/c1-6(2)9(13)4-11(5-9)7(3)8(10)12/h6-7,13H,4-5H2,1-3H3,(H2,10,12). The van der Waals surface area contributed by atoms with Crippen LogP contribution in [0.2, 0.25) is 0 Å². The largest absolute Gasteiger partial charge is 0.387 e. The summed E-state index contributed by atoms with van der Waals surface area (Å²) in [6, 6.07) is -0.265. The fourth-order valence-electron chi connectivity index (χ4n) is 1.48. The Balaban J connectivity index is 2.45. The molecule has 1 amide bonds. The summed E-state index contributed by atoms with van der Waals surface area (Å²) >= 11 is 0. The van der Waals surface area contributed by atoms with E-state index >= 15 is 0 Å². The maximum atomic E-state index is 10.8. The third-order valence-corrected chi connectivity index (χ3v) is 2.99. The summed E-state index contributed by atoms with van der Waals surface area (Å²) in [6.45, 7) is 6.82. The molecule has 0 bridgehead atoms. The zero-order chi connectivity index (χ0) is 10.2. The Bertz CT molecular complexity index is 210. The first-order valence-corrected chi connectivity index (χ1v) is 4.62. The van der Waals surface area contributed by atoms with Gasteiger partial charge in [-0.2, -0.15) is 0 Å². The molecule has 0 aliphatic carbocycles. The molecule has 1 unspecified atom stereocenters. The smallest absolute Gasteiger partial charge is 0.234 e. The highest BCUT2D eigenvalue weighted by molar-refractivity contribution is 5.79. The summed E-state index contributed by atoms with van der Waals surface area (Å²) in [5.74, 6) is -0.102. The van der Waals surface area contributed by atoms with Gasteiger partial charge in [-0.15, -0.1) is 0 Å². The fraction of sp³-hybridized carbons (Fsp3) is 0.889. The third-order valence-electron chi connectivity index (χ3n) is 2.99. The molecule has 0 aromatic heterocycles. The second-order valence-electron chi connectivity index (χ2n) is 4.24. The van der Waals surface area contributed by atoms with E-state index < -0.39 is 5.60 Å². The first-order chi connectivity index (χ1) is 5.87. The van der Waals surface area contributed by atoms with Gasteiger partial charge in [-0.3, -0.25) is 9.69 Å². The van der Waals surface area contributed by atoms with Gasteiger partial charge in [-0.25, -0.2) is 0 Å². The van der Waals surface area contributed by atoms with Crippen molar-refractivity contribution in [3.05, 3.63) is 0 Å². The first kappa shape index (κ1) is 10.5. The normalized spacial score (nSPS) is 24.1. The van der Waals surface area contributed by atoms with E-state index in [1.807, 2.05) is 18.7 Å². The van der Waals surface area contributed by atoms with Gasteiger partial charge in [0.25, 0.3) is 0 Å². The number of β-amino-alcohol motifs (C(OH)–C–C–N with tert-alkyl or cyclic N) is 1. The van der Waals surface area contributed by atoms with Crippen LogP contribution in [0.25, 0.3) is 0 Å². The predicted molar refractivity (Wildman–Crippen MR) is 50.0 cm³/mol. The number of primary amides is 1. The highest BCUT2D eigenvalue weighted by Crippen LogP contribution is 2.29. The molecule has 0 aromatic carbocycles. The summed E-state index contributed by atoms with van der Waals surface area (Å²) in [5, 5.41) is 9.89. The molecule has 4 heteroatoms. The van der Waals surface area contributed by atoms with Gasteiger partial charge in [-0.1, -0.05) is 13.8 Å². The van der Waals surface area contributed by atoms with Crippen molar-refractivity contribution >= 4 is 5.91 Å². The van der Waals surface area contributed by atoms with E-state index in [1.54, 1.807) is 6.92 Å². The van der Waals surface area contributed by atoms with E-state index in [9.17, 15) is 9.90 Å². The molecule has 0 saturated carbocycles. The third kappa shape index (κ3) is 1.84. The summed E-state index contributed by atoms with van der Waals surface area (Å²) < 4.78 is 0. The number of nitrogens with zero attached hydrogens (tertiary/aromatic N) is 1. The van der Waals surface area contributed by atoms with E-state index in [0.29, 0.717) is 13.1 Å². The van der Waals surface area contributed by atoms with E-state index in [4.69, 9.17) is 5.73 Å². The first-order valence-electron chi connectivity index (χ1n) is 4.62. The number of carbonyl (C=O) groups excluding carboxylic acids is 1. The van der Waals surface area contributed by atoms with Crippen molar-refractivity contribution < 1.29 is 9.90 Å². The molecule has 0 spiro atoms. The number of likely N-dealkylation sites (tertiary alicyclic amines) is 1. The number of amides is 1. The SMILES string of the molecule is CC(C(N)=O)N1CC(O)(C(C)C)C1. The molecule has 1 fully saturated rings. The van der Waals surface area contributed by atoms with Gasteiger partial charge in [-0.05, 0) is 12.8 Å². The van der Waals surface area contributed by atoms with Crippen molar-refractivity contribution in [3.8, 4) is 0 Å². The average Bonchev–Trinajstić information content (AvgIpc) is 1.96. The van der Waals surface area contributed by atoms with Crippen molar-refractivity contribution in [3.63, 3.8) is 0 Å². The zero-order valence-corrected chi connectivity index (χ0v) is 8.45. The number of aliphatic hydroxyl groups is 1. The summed E-state index contributed by atoms with van der Waals surface area (Å²) in [7, 11) is 0.